The maximum atomic E-state index is 11.6. The van der Waals surface area contributed by atoms with Gasteiger partial charge >= 0.3 is 5.97 Å². The van der Waals surface area contributed by atoms with Gasteiger partial charge in [-0.25, -0.2) is 4.79 Å². The van der Waals surface area contributed by atoms with E-state index < -0.39 is 0 Å². The molecule has 1 aromatic rings. The number of methoxy groups -OCH3 is 1. The Morgan fingerprint density at radius 1 is 1.38 bits per heavy atom. The van der Waals surface area contributed by atoms with Gasteiger partial charge in [0.15, 0.2) is 0 Å². The standard InChI is InChI=1S/C12H17NO3/c1-13(2)7-8-16-12(14)10-5-4-6-11(9-10)15-3/h4-6,9H,7-8H2,1-3H3. The Hall–Kier alpha value is -1.55. The molecule has 0 saturated heterocycles. The molecule has 0 amide bonds. The van der Waals surface area contributed by atoms with Crippen molar-refractivity contribution >= 4 is 5.97 Å². The van der Waals surface area contributed by atoms with E-state index in [0.717, 1.165) is 6.54 Å². The number of nitrogens with zero attached hydrogens (tertiary/aromatic N) is 1. The van der Waals surface area contributed by atoms with Crippen LogP contribution >= 0.6 is 0 Å². The number of hydrogen-bond donors (Lipinski definition) is 0. The molecule has 0 bridgehead atoms. The van der Waals surface area contributed by atoms with Gasteiger partial charge in [-0.3, -0.25) is 0 Å². The van der Waals surface area contributed by atoms with Gasteiger partial charge in [0.1, 0.15) is 12.4 Å². The van der Waals surface area contributed by atoms with Crippen molar-refractivity contribution in [1.82, 2.24) is 4.90 Å². The molecule has 16 heavy (non-hydrogen) atoms. The van der Waals surface area contributed by atoms with Gasteiger partial charge in [0.25, 0.3) is 0 Å². The molecule has 4 nitrogen and oxygen atoms in total. The second-order valence-electron chi connectivity index (χ2n) is 3.67. The lowest BCUT2D eigenvalue weighted by atomic mass is 10.2. The molecule has 1 rings (SSSR count). The fourth-order valence-corrected chi connectivity index (χ4v) is 1.15. The van der Waals surface area contributed by atoms with E-state index in [2.05, 4.69) is 0 Å². The lowest BCUT2D eigenvalue weighted by Gasteiger charge is -2.10. The van der Waals surface area contributed by atoms with Crippen LogP contribution in [0.15, 0.2) is 24.3 Å². The molecule has 0 N–H and O–H groups in total. The van der Waals surface area contributed by atoms with Gasteiger partial charge in [-0.1, -0.05) is 6.07 Å². The monoisotopic (exact) mass is 223 g/mol. The van der Waals surface area contributed by atoms with Crippen molar-refractivity contribution in [3.63, 3.8) is 0 Å². The first kappa shape index (κ1) is 12.5. The van der Waals surface area contributed by atoms with Gasteiger partial charge < -0.3 is 14.4 Å². The predicted octanol–water partition coefficient (Wildman–Crippen LogP) is 1.41. The molecule has 0 atom stereocenters. The largest absolute Gasteiger partial charge is 0.497 e. The highest BCUT2D eigenvalue weighted by Gasteiger charge is 2.07. The topological polar surface area (TPSA) is 38.8 Å². The highest BCUT2D eigenvalue weighted by atomic mass is 16.5. The van der Waals surface area contributed by atoms with E-state index in [0.29, 0.717) is 17.9 Å². The fourth-order valence-electron chi connectivity index (χ4n) is 1.15. The lowest BCUT2D eigenvalue weighted by Crippen LogP contribution is -2.20. The van der Waals surface area contributed by atoms with Gasteiger partial charge in [0, 0.05) is 6.54 Å². The number of carbonyl (C=O) groups excluding carboxylic acids is 1. The molecule has 0 unspecified atom stereocenters. The van der Waals surface area contributed by atoms with Crippen LogP contribution in [0.4, 0.5) is 0 Å². The number of benzene rings is 1. The zero-order valence-corrected chi connectivity index (χ0v) is 9.90. The lowest BCUT2D eigenvalue weighted by molar-refractivity contribution is 0.0481. The van der Waals surface area contributed by atoms with Crippen LogP contribution in [0.1, 0.15) is 10.4 Å². The molecule has 0 aliphatic carbocycles. The highest BCUT2D eigenvalue weighted by Crippen LogP contribution is 2.13. The molecule has 0 radical (unpaired) electrons. The SMILES string of the molecule is COc1cccc(C(=O)OCCN(C)C)c1. The third-order valence-corrected chi connectivity index (χ3v) is 2.08. The molecule has 0 spiro atoms. The van der Waals surface area contributed by atoms with Crippen LogP contribution in [-0.4, -0.2) is 45.2 Å². The quantitative estimate of drug-likeness (QED) is 0.707. The Balaban J connectivity index is 2.52. The van der Waals surface area contributed by atoms with Crippen molar-refractivity contribution in [2.45, 2.75) is 0 Å². The summed E-state index contributed by atoms with van der Waals surface area (Å²) in [6, 6.07) is 6.93. The number of likely N-dealkylation sites (N-methyl/N-ethyl adjacent to an activating group) is 1. The number of rotatable bonds is 5. The van der Waals surface area contributed by atoms with Gasteiger partial charge in [-0.2, -0.15) is 0 Å². The minimum Gasteiger partial charge on any atom is -0.497 e. The summed E-state index contributed by atoms with van der Waals surface area (Å²) in [6.45, 7) is 1.11. The summed E-state index contributed by atoms with van der Waals surface area (Å²) in [4.78, 5) is 13.6. The summed E-state index contributed by atoms with van der Waals surface area (Å²) in [5.41, 5.74) is 0.512. The molecule has 0 fully saturated rings. The Labute approximate surface area is 95.8 Å². The van der Waals surface area contributed by atoms with E-state index in [1.54, 1.807) is 31.4 Å². The molecular formula is C12H17NO3. The molecule has 88 valence electrons. The molecule has 0 aliphatic heterocycles. The van der Waals surface area contributed by atoms with Crippen molar-refractivity contribution in [1.29, 1.82) is 0 Å². The van der Waals surface area contributed by atoms with Crippen molar-refractivity contribution in [2.24, 2.45) is 0 Å². The number of hydrogen-bond acceptors (Lipinski definition) is 4. The van der Waals surface area contributed by atoms with Crippen molar-refractivity contribution in [2.75, 3.05) is 34.4 Å². The van der Waals surface area contributed by atoms with Crippen LogP contribution in [-0.2, 0) is 4.74 Å². The van der Waals surface area contributed by atoms with Crippen LogP contribution in [0, 0.1) is 0 Å². The summed E-state index contributed by atoms with van der Waals surface area (Å²) in [5.74, 6) is 0.336. The summed E-state index contributed by atoms with van der Waals surface area (Å²) >= 11 is 0. The van der Waals surface area contributed by atoms with Crippen LogP contribution < -0.4 is 4.74 Å². The molecule has 0 aromatic heterocycles. The van der Waals surface area contributed by atoms with Gasteiger partial charge in [-0.15, -0.1) is 0 Å². The van der Waals surface area contributed by atoms with Gasteiger partial charge in [0.2, 0.25) is 0 Å². The van der Waals surface area contributed by atoms with Crippen LogP contribution in [0.2, 0.25) is 0 Å². The Kier molecular flexibility index (Phi) is 4.79. The average molecular weight is 223 g/mol. The summed E-state index contributed by atoms with van der Waals surface area (Å²) in [5, 5.41) is 0. The maximum absolute atomic E-state index is 11.6. The minimum absolute atomic E-state index is 0.319. The van der Waals surface area contributed by atoms with E-state index in [-0.39, 0.29) is 5.97 Å². The van der Waals surface area contributed by atoms with Crippen molar-refractivity contribution < 1.29 is 14.3 Å². The smallest absolute Gasteiger partial charge is 0.338 e. The first-order valence-electron chi connectivity index (χ1n) is 5.09. The van der Waals surface area contributed by atoms with E-state index in [1.165, 1.54) is 0 Å². The highest BCUT2D eigenvalue weighted by molar-refractivity contribution is 5.89. The predicted molar refractivity (Wildman–Crippen MR) is 61.8 cm³/mol. The second kappa shape index (κ2) is 6.12. The fraction of sp³-hybridized carbons (Fsp3) is 0.417. The van der Waals surface area contributed by atoms with Crippen molar-refractivity contribution in [3.8, 4) is 5.75 Å². The summed E-state index contributed by atoms with van der Waals surface area (Å²) in [6.07, 6.45) is 0. The van der Waals surface area contributed by atoms with E-state index in [4.69, 9.17) is 9.47 Å². The number of carbonyl (C=O) groups is 1. The summed E-state index contributed by atoms with van der Waals surface area (Å²) in [7, 11) is 5.43. The minimum atomic E-state index is -0.319. The zero-order chi connectivity index (χ0) is 12.0. The Morgan fingerprint density at radius 2 is 2.12 bits per heavy atom. The van der Waals surface area contributed by atoms with Crippen LogP contribution in [0.3, 0.4) is 0 Å². The van der Waals surface area contributed by atoms with Gasteiger partial charge in [-0.05, 0) is 32.3 Å². The second-order valence-corrected chi connectivity index (χ2v) is 3.67. The van der Waals surface area contributed by atoms with Gasteiger partial charge in [0.05, 0.1) is 12.7 Å². The first-order chi connectivity index (χ1) is 7.63. The van der Waals surface area contributed by atoms with E-state index in [1.807, 2.05) is 19.0 Å². The maximum Gasteiger partial charge on any atom is 0.338 e. The third kappa shape index (κ3) is 3.90. The molecule has 1 aromatic carbocycles. The first-order valence-corrected chi connectivity index (χ1v) is 5.09. The third-order valence-electron chi connectivity index (χ3n) is 2.08. The normalized spacial score (nSPS) is 10.2. The Bertz CT molecular complexity index is 350. The Morgan fingerprint density at radius 3 is 2.75 bits per heavy atom. The molecule has 0 saturated carbocycles. The van der Waals surface area contributed by atoms with Crippen LogP contribution in [0.5, 0.6) is 5.75 Å². The molecule has 0 heterocycles. The zero-order valence-electron chi connectivity index (χ0n) is 9.90. The van der Waals surface area contributed by atoms with Crippen LogP contribution in [0.25, 0.3) is 0 Å². The average Bonchev–Trinajstić information content (AvgIpc) is 2.28. The van der Waals surface area contributed by atoms with E-state index >= 15 is 0 Å². The number of esters is 1. The van der Waals surface area contributed by atoms with E-state index in [9.17, 15) is 4.79 Å². The molecular weight excluding hydrogens is 206 g/mol. The summed E-state index contributed by atoms with van der Waals surface area (Å²) < 4.78 is 10.1. The number of ether oxygens (including phenoxy) is 2. The molecule has 4 heteroatoms. The van der Waals surface area contributed by atoms with Crippen molar-refractivity contribution in [3.05, 3.63) is 29.8 Å². The molecule has 0 aliphatic rings.